The van der Waals surface area contributed by atoms with E-state index in [0.29, 0.717) is 77.2 Å². The third-order valence-corrected chi connectivity index (χ3v) is 42.5. The highest BCUT2D eigenvalue weighted by Gasteiger charge is 2.61. The van der Waals surface area contributed by atoms with Crippen molar-refractivity contribution in [2.45, 2.75) is 381 Å². The zero-order valence-corrected chi connectivity index (χ0v) is 65.4. The van der Waals surface area contributed by atoms with Gasteiger partial charge in [0.05, 0.1) is 66.7 Å². The molecule has 0 radical (unpaired) electrons. The third kappa shape index (κ3) is 19.4. The van der Waals surface area contributed by atoms with Gasteiger partial charge in [-0.2, -0.15) is 0 Å². The van der Waals surface area contributed by atoms with Gasteiger partial charge in [-0.05, 0) is 155 Å². The fraction of sp³-hybridized carbons (Fsp3) is 0.957. The van der Waals surface area contributed by atoms with E-state index in [1.807, 2.05) is 0 Å². The quantitative estimate of drug-likeness (QED) is 0.0364. The average Bonchev–Trinajstić information content (AvgIpc) is 1.39. The molecule has 0 aromatic heterocycles. The summed E-state index contributed by atoms with van der Waals surface area (Å²) in [4.78, 5) is 11.9. The molecule has 90 heavy (non-hydrogen) atoms. The number of halogens is 1. The number of aliphatic hydroxyl groups is 2. The summed E-state index contributed by atoms with van der Waals surface area (Å²) in [6, 6.07) is 2.64. The number of carboxylic acid groups (broad SMARTS) is 1. The molecule has 0 bridgehead atoms. The Bertz CT molecular complexity index is 2270. The molecular formula is C69H131ClO16Si4. The Labute approximate surface area is 555 Å². The molecule has 0 saturated carbocycles. The Morgan fingerprint density at radius 2 is 1.30 bits per heavy atom. The molecule has 6 aliphatic rings. The topological polar surface area (TPSA) is 189 Å². The van der Waals surface area contributed by atoms with E-state index in [0.717, 1.165) is 43.8 Å². The molecule has 3 spiro atoms. The predicted octanol–water partition coefficient (Wildman–Crippen LogP) is 15.8. The SMILES string of the molecule is CC[Si](CC)(CC)O[C@@H]([C@@H](O)[C@@H](C)CC[C@H]1O[C@@]2(CC[C@H](C)[C@@]3(C[C@H](O)[C@H](CCO[Si](C)(C)C(C)(C)C)O3)O2)C[C@@H](OC)[C@@H]1Cl)[C@H]1O[C@@]2(C=C[C@H](C)[C@@H](C[C@H](C[C@@H](C[C@@H]3CCC[C@H](CC(=O)O)O3)O[Si](C)(C)C(C)(C)C)O[Si](C)(C)C(C)(C)C)O2)CC[C@@H]1OC. The van der Waals surface area contributed by atoms with Gasteiger partial charge >= 0.3 is 5.97 Å². The molecule has 16 nitrogen and oxygen atoms in total. The van der Waals surface area contributed by atoms with Gasteiger partial charge < -0.3 is 70.9 Å². The number of alkyl halides is 1. The van der Waals surface area contributed by atoms with Crippen molar-refractivity contribution in [2.24, 2.45) is 17.8 Å². The molecule has 5 saturated heterocycles. The van der Waals surface area contributed by atoms with Crippen LogP contribution in [0.5, 0.6) is 0 Å². The van der Waals surface area contributed by atoms with Crippen molar-refractivity contribution in [3.8, 4) is 0 Å². The smallest absolute Gasteiger partial charge is 0.305 e. The molecule has 0 amide bonds. The summed E-state index contributed by atoms with van der Waals surface area (Å²) in [5, 5.41) is 33.9. The van der Waals surface area contributed by atoms with Gasteiger partial charge in [0.2, 0.25) is 0 Å². The van der Waals surface area contributed by atoms with Crippen LogP contribution in [0.25, 0.3) is 0 Å². The summed E-state index contributed by atoms with van der Waals surface area (Å²) in [5.41, 5.74) is 0. The number of carboxylic acids is 1. The Morgan fingerprint density at radius 1 is 0.711 bits per heavy atom. The first-order valence-corrected chi connectivity index (χ1v) is 47.0. The second-order valence-electron chi connectivity index (χ2n) is 33.2. The average molecular weight is 1360 g/mol. The van der Waals surface area contributed by atoms with Gasteiger partial charge in [-0.15, -0.1) is 11.6 Å². The lowest BCUT2D eigenvalue weighted by Gasteiger charge is -2.54. The molecule has 5 fully saturated rings. The van der Waals surface area contributed by atoms with Crippen molar-refractivity contribution in [3.63, 3.8) is 0 Å². The first-order valence-electron chi connectivity index (χ1n) is 35.3. The van der Waals surface area contributed by atoms with E-state index in [-0.39, 0.29) is 82.0 Å². The van der Waals surface area contributed by atoms with E-state index in [1.165, 1.54) is 0 Å². The zero-order valence-electron chi connectivity index (χ0n) is 60.6. The summed E-state index contributed by atoms with van der Waals surface area (Å²) < 4.78 is 84.2. The summed E-state index contributed by atoms with van der Waals surface area (Å²) in [6.45, 7) is 47.7. The Kier molecular flexibility index (Phi) is 27.4. The number of aliphatic carboxylic acids is 1. The molecular weight excluding hydrogens is 1230 g/mol. The van der Waals surface area contributed by atoms with Gasteiger partial charge in [0.15, 0.2) is 50.6 Å². The molecule has 526 valence electrons. The summed E-state index contributed by atoms with van der Waals surface area (Å²) in [7, 11) is -5.68. The fourth-order valence-electron chi connectivity index (χ4n) is 14.1. The molecule has 6 aliphatic heterocycles. The maximum atomic E-state index is 13.1. The van der Waals surface area contributed by atoms with E-state index in [1.54, 1.807) is 14.2 Å². The first kappa shape index (κ1) is 78.8. The number of methoxy groups -OCH3 is 2. The lowest BCUT2D eigenvalue weighted by atomic mass is 9.82. The van der Waals surface area contributed by atoms with Crippen molar-refractivity contribution in [1.29, 1.82) is 0 Å². The van der Waals surface area contributed by atoms with E-state index < -0.39 is 98.6 Å². The number of hydrogen-bond donors (Lipinski definition) is 3. The van der Waals surface area contributed by atoms with Crippen LogP contribution in [0.1, 0.15) is 207 Å². The molecule has 0 unspecified atom stereocenters. The number of hydrogen-bond acceptors (Lipinski definition) is 15. The number of rotatable bonds is 29. The van der Waals surface area contributed by atoms with E-state index in [4.69, 9.17) is 67.2 Å². The van der Waals surface area contributed by atoms with Crippen LogP contribution in [0.2, 0.25) is 72.5 Å². The summed E-state index contributed by atoms with van der Waals surface area (Å²) in [6.07, 6.45) is 7.90. The minimum atomic E-state index is -2.42. The van der Waals surface area contributed by atoms with Crippen molar-refractivity contribution >= 4 is 50.8 Å². The Hall–Kier alpha value is -0.192. The van der Waals surface area contributed by atoms with Gasteiger partial charge in [0.25, 0.3) is 0 Å². The molecule has 0 aromatic carbocycles. The number of ether oxygens (including phenoxy) is 8. The monoisotopic (exact) mass is 1360 g/mol. The minimum absolute atomic E-state index is 0.00346. The van der Waals surface area contributed by atoms with Crippen LogP contribution in [0.4, 0.5) is 0 Å². The summed E-state index contributed by atoms with van der Waals surface area (Å²) in [5.74, 6) is -4.29. The van der Waals surface area contributed by atoms with Gasteiger partial charge in [-0.3, -0.25) is 4.79 Å². The molecule has 21 heteroatoms. The van der Waals surface area contributed by atoms with Crippen LogP contribution in [0.15, 0.2) is 12.2 Å². The molecule has 20 atom stereocenters. The first-order chi connectivity index (χ1) is 41.6. The van der Waals surface area contributed by atoms with Gasteiger partial charge in [-0.1, -0.05) is 110 Å². The molecule has 0 aromatic rings. The largest absolute Gasteiger partial charge is 0.481 e. The van der Waals surface area contributed by atoms with Gasteiger partial charge in [0.1, 0.15) is 12.2 Å². The van der Waals surface area contributed by atoms with Crippen molar-refractivity contribution in [2.75, 3.05) is 20.8 Å². The van der Waals surface area contributed by atoms with Crippen LogP contribution in [0.3, 0.4) is 0 Å². The lowest BCUT2D eigenvalue weighted by molar-refractivity contribution is -0.414. The van der Waals surface area contributed by atoms with Crippen molar-refractivity contribution < 1.29 is 75.7 Å². The van der Waals surface area contributed by atoms with E-state index >= 15 is 0 Å². The van der Waals surface area contributed by atoms with Gasteiger partial charge in [0, 0.05) is 70.6 Å². The van der Waals surface area contributed by atoms with Crippen molar-refractivity contribution in [3.05, 3.63) is 12.2 Å². The van der Waals surface area contributed by atoms with Crippen LogP contribution >= 0.6 is 11.6 Å². The fourth-order valence-corrected chi connectivity index (χ4v) is 21.1. The molecule has 6 heterocycles. The second-order valence-corrected chi connectivity index (χ2v) is 52.8. The number of aliphatic hydroxyl groups excluding tert-OH is 2. The predicted molar refractivity (Wildman–Crippen MR) is 368 cm³/mol. The van der Waals surface area contributed by atoms with E-state index in [9.17, 15) is 20.1 Å². The highest BCUT2D eigenvalue weighted by molar-refractivity contribution is 6.75. The molecule has 6 rings (SSSR count). The van der Waals surface area contributed by atoms with Crippen LogP contribution in [-0.2, 0) is 60.4 Å². The third-order valence-electron chi connectivity index (χ3n) is 23.7. The van der Waals surface area contributed by atoms with Crippen LogP contribution < -0.4 is 0 Å². The maximum Gasteiger partial charge on any atom is 0.305 e. The highest BCUT2D eigenvalue weighted by atomic mass is 35.5. The molecule has 3 N–H and O–H groups in total. The minimum Gasteiger partial charge on any atom is -0.481 e. The highest BCUT2D eigenvalue weighted by Crippen LogP contribution is 2.54. The van der Waals surface area contributed by atoms with Crippen LogP contribution in [0, 0.1) is 17.8 Å². The standard InChI is InChI=1S/C69H131ClO16Si4/c1-24-90(25-2,26-3)85-63(61(74)47(5)30-31-55-60(70)58(76-17)45-68(79-55)37-33-48(6)69(86-68)44-53(71)54(81-69)35-39-77-87(18,19)64(7,8)9)62-56(75-16)34-38-67(82-62)36-32-46(4)57(80-67)42-52(84-89(22,23)66(13,14)15)41-51(83-88(20,21)65(10,11)12)40-49-28-27-29-50(78-49)43-59(72)73/h32,36,46-58,60-63,71,74H,24-31,33-35,37-45H2,1-23H3,(H,72,73)/t46-,47-,48-,49-,50+,51+,52-,53-,54-,55+,56-,57+,58+,60+,61-,62-,63-,67-,68+,69+/m0/s1. The maximum absolute atomic E-state index is 13.1. The normalized spacial score (nSPS) is 35.3. The van der Waals surface area contributed by atoms with Crippen molar-refractivity contribution in [1.82, 2.24) is 0 Å². The summed E-state index contributed by atoms with van der Waals surface area (Å²) >= 11 is 7.39. The van der Waals surface area contributed by atoms with Crippen LogP contribution in [-0.4, -0.2) is 177 Å². The zero-order chi connectivity index (χ0) is 67.4. The molecule has 0 aliphatic carbocycles. The van der Waals surface area contributed by atoms with E-state index in [2.05, 4.69) is 155 Å². The second kappa shape index (κ2) is 31.3. The number of carbonyl (C=O) groups is 1. The Balaban J connectivity index is 1.24. The lowest BCUT2D eigenvalue weighted by Crippen LogP contribution is -2.62. The van der Waals surface area contributed by atoms with Gasteiger partial charge in [-0.25, -0.2) is 0 Å². The Morgan fingerprint density at radius 3 is 1.87 bits per heavy atom.